The summed E-state index contributed by atoms with van der Waals surface area (Å²) >= 11 is 1.38. The minimum Gasteiger partial charge on any atom is -0.515 e. The third-order valence-electron chi connectivity index (χ3n) is 1.81. The number of allylic oxidation sites excluding steroid dienone is 1. The minimum absolute atomic E-state index is 0.214. The SMILES string of the molecule is O=C/C(=C\O)c1nc2ccccc2s1. The Labute approximate surface area is 84.3 Å². The number of aliphatic hydroxyl groups is 1. The van der Waals surface area contributed by atoms with Gasteiger partial charge in [-0.05, 0) is 12.1 Å². The van der Waals surface area contributed by atoms with Crippen LogP contribution in [-0.4, -0.2) is 16.4 Å². The number of aliphatic hydroxyl groups excluding tert-OH is 1. The monoisotopic (exact) mass is 205 g/mol. The van der Waals surface area contributed by atoms with Crippen LogP contribution in [0.1, 0.15) is 5.01 Å². The second-order valence-corrected chi connectivity index (χ2v) is 3.72. The summed E-state index contributed by atoms with van der Waals surface area (Å²) in [5.74, 6) is 0. The van der Waals surface area contributed by atoms with Crippen LogP contribution in [0.5, 0.6) is 0 Å². The highest BCUT2D eigenvalue weighted by molar-refractivity contribution is 7.19. The van der Waals surface area contributed by atoms with E-state index in [2.05, 4.69) is 4.98 Å². The maximum absolute atomic E-state index is 10.6. The number of benzene rings is 1. The van der Waals surface area contributed by atoms with Crippen LogP contribution in [0.25, 0.3) is 15.8 Å². The Morgan fingerprint density at radius 3 is 2.86 bits per heavy atom. The van der Waals surface area contributed by atoms with Crippen molar-refractivity contribution in [1.82, 2.24) is 4.98 Å². The average molecular weight is 205 g/mol. The lowest BCUT2D eigenvalue weighted by Crippen LogP contribution is -1.83. The van der Waals surface area contributed by atoms with Gasteiger partial charge in [0.2, 0.25) is 0 Å². The lowest BCUT2D eigenvalue weighted by molar-refractivity contribution is -0.103. The van der Waals surface area contributed by atoms with Crippen LogP contribution in [0.2, 0.25) is 0 Å². The van der Waals surface area contributed by atoms with E-state index in [1.807, 2.05) is 24.3 Å². The molecule has 1 aromatic carbocycles. The number of aromatic nitrogens is 1. The molecule has 2 aromatic rings. The molecular formula is C10H7NO2S. The van der Waals surface area contributed by atoms with Crippen LogP contribution in [-0.2, 0) is 4.79 Å². The second kappa shape index (κ2) is 3.59. The van der Waals surface area contributed by atoms with Crippen LogP contribution in [0.4, 0.5) is 0 Å². The van der Waals surface area contributed by atoms with Gasteiger partial charge in [0.15, 0.2) is 6.29 Å². The molecule has 0 spiro atoms. The van der Waals surface area contributed by atoms with Crippen molar-refractivity contribution in [2.75, 3.05) is 0 Å². The fraction of sp³-hybridized carbons (Fsp3) is 0. The molecule has 0 saturated heterocycles. The first kappa shape index (κ1) is 8.90. The molecule has 1 heterocycles. The van der Waals surface area contributed by atoms with Crippen LogP contribution in [0.15, 0.2) is 30.5 Å². The molecule has 14 heavy (non-hydrogen) atoms. The summed E-state index contributed by atoms with van der Waals surface area (Å²) in [5, 5.41) is 9.32. The lowest BCUT2D eigenvalue weighted by atomic mass is 10.3. The van der Waals surface area contributed by atoms with Crippen LogP contribution >= 0.6 is 11.3 Å². The number of hydrogen-bond donors (Lipinski definition) is 1. The molecule has 1 aromatic heterocycles. The molecule has 0 unspecified atom stereocenters. The van der Waals surface area contributed by atoms with Crippen LogP contribution < -0.4 is 0 Å². The Morgan fingerprint density at radius 1 is 1.43 bits per heavy atom. The Kier molecular flexibility index (Phi) is 2.28. The van der Waals surface area contributed by atoms with Gasteiger partial charge in [0.1, 0.15) is 5.01 Å². The fourth-order valence-electron chi connectivity index (χ4n) is 1.13. The van der Waals surface area contributed by atoms with Crippen molar-refractivity contribution in [1.29, 1.82) is 0 Å². The molecule has 0 saturated carbocycles. The number of fused-ring (bicyclic) bond motifs is 1. The van der Waals surface area contributed by atoms with E-state index in [-0.39, 0.29) is 5.57 Å². The molecule has 0 aliphatic carbocycles. The van der Waals surface area contributed by atoms with E-state index in [1.54, 1.807) is 0 Å². The van der Waals surface area contributed by atoms with E-state index in [0.29, 0.717) is 11.3 Å². The Hall–Kier alpha value is -1.68. The fourth-order valence-corrected chi connectivity index (χ4v) is 2.07. The first-order valence-corrected chi connectivity index (χ1v) is 4.82. The van der Waals surface area contributed by atoms with E-state index in [0.717, 1.165) is 16.5 Å². The van der Waals surface area contributed by atoms with Crippen molar-refractivity contribution in [3.63, 3.8) is 0 Å². The second-order valence-electron chi connectivity index (χ2n) is 2.69. The molecule has 0 aliphatic heterocycles. The molecule has 0 fully saturated rings. The van der Waals surface area contributed by atoms with Crippen LogP contribution in [0.3, 0.4) is 0 Å². The van der Waals surface area contributed by atoms with E-state index in [9.17, 15) is 4.79 Å². The summed E-state index contributed by atoms with van der Waals surface area (Å²) in [6.45, 7) is 0. The van der Waals surface area contributed by atoms with Crippen molar-refractivity contribution < 1.29 is 9.90 Å². The van der Waals surface area contributed by atoms with E-state index in [1.165, 1.54) is 11.3 Å². The summed E-state index contributed by atoms with van der Waals surface area (Å²) in [5.41, 5.74) is 1.06. The lowest BCUT2D eigenvalue weighted by Gasteiger charge is -1.87. The standard InChI is InChI=1S/C10H7NO2S/c12-5-7(6-13)10-11-8-3-1-2-4-9(8)14-10/h1-6,12H/b7-5+. The van der Waals surface area contributed by atoms with Crippen LogP contribution in [0, 0.1) is 0 Å². The van der Waals surface area contributed by atoms with Gasteiger partial charge in [-0.15, -0.1) is 11.3 Å². The van der Waals surface area contributed by atoms with Gasteiger partial charge in [0, 0.05) is 0 Å². The number of aldehydes is 1. The number of thiazole rings is 1. The summed E-state index contributed by atoms with van der Waals surface area (Å²) in [6, 6.07) is 7.59. The van der Waals surface area contributed by atoms with Crippen molar-refractivity contribution in [2.45, 2.75) is 0 Å². The normalized spacial score (nSPS) is 11.9. The molecule has 0 atom stereocenters. The molecular weight excluding hydrogens is 198 g/mol. The van der Waals surface area contributed by atoms with Crippen molar-refractivity contribution in [3.8, 4) is 0 Å². The summed E-state index contributed by atoms with van der Waals surface area (Å²) < 4.78 is 1.00. The molecule has 0 amide bonds. The van der Waals surface area contributed by atoms with Gasteiger partial charge in [-0.3, -0.25) is 4.79 Å². The molecule has 0 aliphatic rings. The van der Waals surface area contributed by atoms with Crippen molar-refractivity contribution >= 4 is 33.4 Å². The smallest absolute Gasteiger partial charge is 0.156 e. The number of carbonyl (C=O) groups excluding carboxylic acids is 1. The molecule has 0 radical (unpaired) electrons. The van der Waals surface area contributed by atoms with Crippen molar-refractivity contribution in [2.24, 2.45) is 0 Å². The zero-order valence-electron chi connectivity index (χ0n) is 7.18. The zero-order chi connectivity index (χ0) is 9.97. The average Bonchev–Trinajstić information content (AvgIpc) is 2.63. The molecule has 1 N–H and O–H groups in total. The third-order valence-corrected chi connectivity index (χ3v) is 2.89. The van der Waals surface area contributed by atoms with E-state index >= 15 is 0 Å². The topological polar surface area (TPSA) is 50.2 Å². The van der Waals surface area contributed by atoms with Gasteiger partial charge in [-0.25, -0.2) is 4.98 Å². The maximum Gasteiger partial charge on any atom is 0.156 e. The summed E-state index contributed by atoms with van der Waals surface area (Å²) in [7, 11) is 0. The molecule has 3 nitrogen and oxygen atoms in total. The zero-order valence-corrected chi connectivity index (χ0v) is 7.99. The van der Waals surface area contributed by atoms with Gasteiger partial charge >= 0.3 is 0 Å². The largest absolute Gasteiger partial charge is 0.515 e. The first-order valence-electron chi connectivity index (χ1n) is 4.00. The van der Waals surface area contributed by atoms with Gasteiger partial charge in [0.25, 0.3) is 0 Å². The van der Waals surface area contributed by atoms with Gasteiger partial charge in [-0.2, -0.15) is 0 Å². The Balaban J connectivity index is 2.60. The predicted molar refractivity (Wildman–Crippen MR) is 56.3 cm³/mol. The highest BCUT2D eigenvalue weighted by Crippen LogP contribution is 2.25. The summed E-state index contributed by atoms with van der Waals surface area (Å²) in [4.78, 5) is 14.8. The number of carbonyl (C=O) groups is 1. The number of para-hydroxylation sites is 1. The Morgan fingerprint density at radius 2 is 2.21 bits per heavy atom. The molecule has 0 bridgehead atoms. The third kappa shape index (κ3) is 1.40. The first-order chi connectivity index (χ1) is 6.85. The minimum atomic E-state index is 0.214. The van der Waals surface area contributed by atoms with Gasteiger partial charge < -0.3 is 5.11 Å². The molecule has 4 heteroatoms. The quantitative estimate of drug-likeness (QED) is 0.465. The van der Waals surface area contributed by atoms with E-state index < -0.39 is 0 Å². The highest BCUT2D eigenvalue weighted by atomic mass is 32.1. The highest BCUT2D eigenvalue weighted by Gasteiger charge is 2.07. The molecule has 2 rings (SSSR count). The van der Waals surface area contributed by atoms with Gasteiger partial charge in [-0.1, -0.05) is 12.1 Å². The predicted octanol–water partition coefficient (Wildman–Crippen LogP) is 2.39. The number of nitrogens with zero attached hydrogens (tertiary/aromatic N) is 1. The maximum atomic E-state index is 10.6. The molecule has 70 valence electrons. The summed E-state index contributed by atoms with van der Waals surface area (Å²) in [6.07, 6.45) is 1.38. The number of hydrogen-bond acceptors (Lipinski definition) is 4. The Bertz CT molecular complexity index is 469. The van der Waals surface area contributed by atoms with E-state index in [4.69, 9.17) is 5.11 Å². The number of rotatable bonds is 2. The van der Waals surface area contributed by atoms with Crippen molar-refractivity contribution in [3.05, 3.63) is 35.5 Å². The van der Waals surface area contributed by atoms with Gasteiger partial charge in [0.05, 0.1) is 22.1 Å².